The molecule has 2 aromatic rings. The van der Waals surface area contributed by atoms with E-state index in [0.29, 0.717) is 11.7 Å². The lowest BCUT2D eigenvalue weighted by molar-refractivity contribution is 0.589. The van der Waals surface area contributed by atoms with Crippen molar-refractivity contribution in [1.29, 1.82) is 0 Å². The van der Waals surface area contributed by atoms with E-state index in [0.717, 1.165) is 18.0 Å². The van der Waals surface area contributed by atoms with Gasteiger partial charge in [-0.25, -0.2) is 13.8 Å². The molecule has 0 bridgehead atoms. The Morgan fingerprint density at radius 1 is 1.22 bits per heavy atom. The van der Waals surface area contributed by atoms with Crippen molar-refractivity contribution in [3.8, 4) is 11.3 Å². The van der Waals surface area contributed by atoms with E-state index in [9.17, 15) is 8.78 Å². The van der Waals surface area contributed by atoms with Gasteiger partial charge >= 0.3 is 0 Å². The minimum absolute atomic E-state index is 0. The van der Waals surface area contributed by atoms with Crippen LogP contribution in [0, 0.1) is 11.6 Å². The predicted molar refractivity (Wildman–Crippen MR) is 71.4 cm³/mol. The highest BCUT2D eigenvalue weighted by molar-refractivity contribution is 7.14. The number of hydrogen-bond donors (Lipinski definition) is 1. The maximum Gasteiger partial charge on any atom is 0.183 e. The Balaban J connectivity index is 0.00000120. The molecule has 1 heterocycles. The van der Waals surface area contributed by atoms with E-state index in [4.69, 9.17) is 0 Å². The molecular formula is C12H11ClF2N2S. The highest BCUT2D eigenvalue weighted by Gasteiger charge is 2.22. The fraction of sp³-hybridized carbons (Fsp3) is 0.250. The quantitative estimate of drug-likeness (QED) is 0.920. The molecule has 96 valence electrons. The van der Waals surface area contributed by atoms with Crippen LogP contribution < -0.4 is 5.32 Å². The standard InChI is InChI=1S/C12H10F2N2S.ClH/c13-8-2-1-3-9(14)11(8)10-6-17-12(16-10)15-7-4-5-7;/h1-3,6-7H,4-5H2,(H,15,16);1H. The zero-order chi connectivity index (χ0) is 11.8. The lowest BCUT2D eigenvalue weighted by Gasteiger charge is -2.01. The zero-order valence-corrected chi connectivity index (χ0v) is 11.0. The molecule has 2 nitrogen and oxygen atoms in total. The number of nitrogens with one attached hydrogen (secondary N) is 1. The van der Waals surface area contributed by atoms with Crippen molar-refractivity contribution < 1.29 is 8.78 Å². The molecule has 0 amide bonds. The van der Waals surface area contributed by atoms with Gasteiger partial charge in [0, 0.05) is 11.4 Å². The molecule has 0 unspecified atom stereocenters. The van der Waals surface area contributed by atoms with E-state index in [-0.39, 0.29) is 18.0 Å². The Labute approximate surface area is 113 Å². The Hall–Kier alpha value is -1.20. The Bertz CT molecular complexity index is 535. The third kappa shape index (κ3) is 2.62. The summed E-state index contributed by atoms with van der Waals surface area (Å²) in [5.74, 6) is -1.15. The van der Waals surface area contributed by atoms with E-state index < -0.39 is 11.6 Å². The molecule has 0 saturated heterocycles. The lowest BCUT2D eigenvalue weighted by atomic mass is 10.1. The average molecular weight is 289 g/mol. The normalized spacial score (nSPS) is 14.1. The van der Waals surface area contributed by atoms with Crippen LogP contribution in [-0.2, 0) is 0 Å². The average Bonchev–Trinajstić information content (AvgIpc) is 2.97. The summed E-state index contributed by atoms with van der Waals surface area (Å²) in [5.41, 5.74) is 0.307. The van der Waals surface area contributed by atoms with Gasteiger partial charge in [-0.1, -0.05) is 6.07 Å². The molecule has 6 heteroatoms. The molecule has 0 radical (unpaired) electrons. The molecule has 1 aliphatic carbocycles. The summed E-state index contributed by atoms with van der Waals surface area (Å²) in [4.78, 5) is 4.21. The van der Waals surface area contributed by atoms with Crippen molar-refractivity contribution in [3.05, 3.63) is 35.2 Å². The maximum absolute atomic E-state index is 13.5. The molecule has 18 heavy (non-hydrogen) atoms. The van der Waals surface area contributed by atoms with Gasteiger partial charge in [-0.05, 0) is 25.0 Å². The molecule has 0 atom stereocenters. The minimum atomic E-state index is -0.576. The first kappa shape index (κ1) is 13.2. The van der Waals surface area contributed by atoms with Gasteiger partial charge in [-0.2, -0.15) is 0 Å². The molecule has 0 aliphatic heterocycles. The van der Waals surface area contributed by atoms with Crippen molar-refractivity contribution in [2.24, 2.45) is 0 Å². The van der Waals surface area contributed by atoms with Crippen molar-refractivity contribution in [3.63, 3.8) is 0 Å². The van der Waals surface area contributed by atoms with Crippen LogP contribution in [0.15, 0.2) is 23.6 Å². The molecule has 1 saturated carbocycles. The third-order valence-electron chi connectivity index (χ3n) is 2.63. The number of thiazole rings is 1. The molecule has 1 N–H and O–H groups in total. The molecule has 1 aromatic heterocycles. The van der Waals surface area contributed by atoms with Gasteiger partial charge < -0.3 is 5.32 Å². The summed E-state index contributed by atoms with van der Waals surface area (Å²) >= 11 is 1.37. The van der Waals surface area contributed by atoms with Crippen LogP contribution in [0.1, 0.15) is 12.8 Å². The summed E-state index contributed by atoms with van der Waals surface area (Å²) in [5, 5.41) is 5.61. The second kappa shape index (κ2) is 5.20. The SMILES string of the molecule is Cl.Fc1cccc(F)c1-c1csc(NC2CC2)n1. The second-order valence-electron chi connectivity index (χ2n) is 4.05. The van der Waals surface area contributed by atoms with Crippen molar-refractivity contribution in [2.45, 2.75) is 18.9 Å². The minimum Gasteiger partial charge on any atom is -0.359 e. The Morgan fingerprint density at radius 2 is 1.89 bits per heavy atom. The van der Waals surface area contributed by atoms with Crippen molar-refractivity contribution in [1.82, 2.24) is 4.98 Å². The highest BCUT2D eigenvalue weighted by atomic mass is 35.5. The number of halogens is 3. The number of nitrogens with zero attached hydrogens (tertiary/aromatic N) is 1. The first-order chi connectivity index (χ1) is 8.24. The molecule has 1 aliphatic rings. The fourth-order valence-electron chi connectivity index (χ4n) is 1.60. The zero-order valence-electron chi connectivity index (χ0n) is 9.32. The van der Waals surface area contributed by atoms with E-state index in [1.165, 1.54) is 29.5 Å². The number of hydrogen-bond acceptors (Lipinski definition) is 3. The van der Waals surface area contributed by atoms with Gasteiger partial charge in [0.1, 0.15) is 11.6 Å². The van der Waals surface area contributed by atoms with Crippen molar-refractivity contribution in [2.75, 3.05) is 5.32 Å². The molecule has 1 aromatic carbocycles. The highest BCUT2D eigenvalue weighted by Crippen LogP contribution is 2.31. The van der Waals surface area contributed by atoms with E-state index in [2.05, 4.69) is 10.3 Å². The number of rotatable bonds is 3. The van der Waals surface area contributed by atoms with Gasteiger partial charge in [-0.3, -0.25) is 0 Å². The summed E-state index contributed by atoms with van der Waals surface area (Å²) in [6, 6.07) is 4.32. The van der Waals surface area contributed by atoms with Crippen LogP contribution in [0.3, 0.4) is 0 Å². The molecule has 1 fully saturated rings. The molecular weight excluding hydrogens is 278 g/mol. The largest absolute Gasteiger partial charge is 0.359 e. The predicted octanol–water partition coefficient (Wildman–Crippen LogP) is 4.08. The van der Waals surface area contributed by atoms with E-state index >= 15 is 0 Å². The first-order valence-electron chi connectivity index (χ1n) is 5.40. The maximum atomic E-state index is 13.5. The monoisotopic (exact) mass is 288 g/mol. The van der Waals surface area contributed by atoms with Gasteiger partial charge in [0.25, 0.3) is 0 Å². The molecule has 0 spiro atoms. The summed E-state index contributed by atoms with van der Waals surface area (Å²) in [6.07, 6.45) is 2.28. The van der Waals surface area contributed by atoms with Gasteiger partial charge in [0.2, 0.25) is 0 Å². The van der Waals surface area contributed by atoms with Gasteiger partial charge in [-0.15, -0.1) is 23.7 Å². The van der Waals surface area contributed by atoms with Crippen molar-refractivity contribution >= 4 is 28.9 Å². The van der Waals surface area contributed by atoms with Crippen LogP contribution in [0.4, 0.5) is 13.9 Å². The summed E-state index contributed by atoms with van der Waals surface area (Å²) in [6.45, 7) is 0. The Kier molecular flexibility index (Phi) is 3.82. The van der Waals surface area contributed by atoms with Crippen LogP contribution in [0.2, 0.25) is 0 Å². The van der Waals surface area contributed by atoms with E-state index in [1.807, 2.05) is 0 Å². The van der Waals surface area contributed by atoms with E-state index in [1.54, 1.807) is 5.38 Å². The Morgan fingerprint density at radius 3 is 2.50 bits per heavy atom. The van der Waals surface area contributed by atoms with Crippen LogP contribution in [0.25, 0.3) is 11.3 Å². The van der Waals surface area contributed by atoms with Gasteiger partial charge in [0.05, 0.1) is 11.3 Å². The van der Waals surface area contributed by atoms with Gasteiger partial charge in [0.15, 0.2) is 5.13 Å². The smallest absolute Gasteiger partial charge is 0.183 e. The third-order valence-corrected chi connectivity index (χ3v) is 3.40. The number of aromatic nitrogens is 1. The lowest BCUT2D eigenvalue weighted by Crippen LogP contribution is -2.00. The summed E-state index contributed by atoms with van der Waals surface area (Å²) < 4.78 is 27.0. The second-order valence-corrected chi connectivity index (χ2v) is 4.91. The van der Waals surface area contributed by atoms with Crippen LogP contribution >= 0.6 is 23.7 Å². The topological polar surface area (TPSA) is 24.9 Å². The number of anilines is 1. The fourth-order valence-corrected chi connectivity index (χ4v) is 2.38. The van der Waals surface area contributed by atoms with Crippen LogP contribution in [-0.4, -0.2) is 11.0 Å². The number of benzene rings is 1. The van der Waals surface area contributed by atoms with Crippen LogP contribution in [0.5, 0.6) is 0 Å². The molecule has 3 rings (SSSR count). The first-order valence-corrected chi connectivity index (χ1v) is 6.28. The summed E-state index contributed by atoms with van der Waals surface area (Å²) in [7, 11) is 0.